The molecular weight excluding hydrogens is 456 g/mol. The van der Waals surface area contributed by atoms with Crippen molar-refractivity contribution in [2.75, 3.05) is 25.0 Å². The standard InChI is InChI=1S/C25H31BrN2O3/c1-18(2)13-16-31-23-12-9-20(26)17-22(23)24(29)27-21-10-7-19(8-11-21)25(30)28-14-5-3-4-6-15-28/h7-12,17-18H,3-6,13-16H2,1-2H3,(H,27,29). The van der Waals surface area contributed by atoms with Crippen LogP contribution < -0.4 is 10.1 Å². The highest BCUT2D eigenvalue weighted by Gasteiger charge is 2.18. The number of hydrogen-bond donors (Lipinski definition) is 1. The molecule has 0 aliphatic carbocycles. The van der Waals surface area contributed by atoms with Gasteiger partial charge in [-0.2, -0.15) is 0 Å². The zero-order valence-electron chi connectivity index (χ0n) is 18.3. The summed E-state index contributed by atoms with van der Waals surface area (Å²) in [5, 5.41) is 2.92. The third-order valence-electron chi connectivity index (χ3n) is 5.42. The number of nitrogens with one attached hydrogen (secondary N) is 1. The number of carbonyl (C=O) groups excluding carboxylic acids is 2. The van der Waals surface area contributed by atoms with Gasteiger partial charge in [0, 0.05) is 28.8 Å². The second kappa shape index (κ2) is 11.3. The van der Waals surface area contributed by atoms with Crippen LogP contribution in [0.1, 0.15) is 66.7 Å². The maximum absolute atomic E-state index is 12.9. The van der Waals surface area contributed by atoms with Crippen molar-refractivity contribution in [1.82, 2.24) is 4.90 Å². The lowest BCUT2D eigenvalue weighted by Gasteiger charge is -2.20. The number of nitrogens with zero attached hydrogens (tertiary/aromatic N) is 1. The predicted octanol–water partition coefficient (Wildman–Crippen LogP) is 6.14. The van der Waals surface area contributed by atoms with Gasteiger partial charge in [-0.15, -0.1) is 0 Å². The summed E-state index contributed by atoms with van der Waals surface area (Å²) in [5.74, 6) is 0.914. The highest BCUT2D eigenvalue weighted by atomic mass is 79.9. The molecule has 31 heavy (non-hydrogen) atoms. The van der Waals surface area contributed by atoms with E-state index in [0.29, 0.717) is 35.1 Å². The van der Waals surface area contributed by atoms with Crippen LogP contribution in [0.2, 0.25) is 0 Å². The van der Waals surface area contributed by atoms with Gasteiger partial charge < -0.3 is 15.0 Å². The molecule has 3 rings (SSSR count). The first-order valence-electron chi connectivity index (χ1n) is 11.1. The van der Waals surface area contributed by atoms with Crippen molar-refractivity contribution in [2.45, 2.75) is 46.0 Å². The van der Waals surface area contributed by atoms with E-state index < -0.39 is 0 Å². The number of benzene rings is 2. The van der Waals surface area contributed by atoms with Gasteiger partial charge in [-0.1, -0.05) is 42.6 Å². The minimum atomic E-state index is -0.243. The fourth-order valence-electron chi connectivity index (χ4n) is 3.56. The van der Waals surface area contributed by atoms with E-state index in [-0.39, 0.29) is 11.8 Å². The van der Waals surface area contributed by atoms with Gasteiger partial charge in [0.2, 0.25) is 0 Å². The molecule has 0 unspecified atom stereocenters. The highest BCUT2D eigenvalue weighted by molar-refractivity contribution is 9.10. The molecule has 0 saturated carbocycles. The molecule has 0 atom stereocenters. The molecule has 1 heterocycles. The summed E-state index contributed by atoms with van der Waals surface area (Å²) in [6.07, 6.45) is 5.42. The average molecular weight is 487 g/mol. The molecule has 0 bridgehead atoms. The molecule has 0 aromatic heterocycles. The molecule has 1 aliphatic heterocycles. The fraction of sp³-hybridized carbons (Fsp3) is 0.440. The van der Waals surface area contributed by atoms with Crippen molar-refractivity contribution in [3.63, 3.8) is 0 Å². The molecule has 1 fully saturated rings. The molecule has 166 valence electrons. The third-order valence-corrected chi connectivity index (χ3v) is 5.92. The number of amides is 2. The van der Waals surface area contributed by atoms with E-state index in [1.807, 2.05) is 17.0 Å². The fourth-order valence-corrected chi connectivity index (χ4v) is 3.92. The van der Waals surface area contributed by atoms with Crippen LogP contribution in [0.15, 0.2) is 46.9 Å². The molecule has 0 radical (unpaired) electrons. The summed E-state index contributed by atoms with van der Waals surface area (Å²) in [6.45, 7) is 6.48. The Hall–Kier alpha value is -2.34. The van der Waals surface area contributed by atoms with Crippen LogP contribution in [0.25, 0.3) is 0 Å². The van der Waals surface area contributed by atoms with E-state index in [9.17, 15) is 9.59 Å². The minimum Gasteiger partial charge on any atom is -0.493 e. The Balaban J connectivity index is 1.66. The lowest BCUT2D eigenvalue weighted by atomic mass is 10.1. The first kappa shape index (κ1) is 23.3. The van der Waals surface area contributed by atoms with Gasteiger partial charge in [-0.25, -0.2) is 0 Å². The van der Waals surface area contributed by atoms with Crippen molar-refractivity contribution >= 4 is 33.4 Å². The van der Waals surface area contributed by atoms with Gasteiger partial charge in [0.1, 0.15) is 5.75 Å². The molecule has 0 spiro atoms. The Morgan fingerprint density at radius 3 is 2.35 bits per heavy atom. The van der Waals surface area contributed by atoms with Crippen LogP contribution >= 0.6 is 15.9 Å². The van der Waals surface area contributed by atoms with Crippen LogP contribution in [0.4, 0.5) is 5.69 Å². The molecule has 5 nitrogen and oxygen atoms in total. The second-order valence-corrected chi connectivity index (χ2v) is 9.33. The molecule has 1 N–H and O–H groups in total. The molecular formula is C25H31BrN2O3. The lowest BCUT2D eigenvalue weighted by molar-refractivity contribution is 0.0761. The first-order valence-corrected chi connectivity index (χ1v) is 11.9. The monoisotopic (exact) mass is 486 g/mol. The average Bonchev–Trinajstić information content (AvgIpc) is 3.04. The maximum atomic E-state index is 12.9. The summed E-state index contributed by atoms with van der Waals surface area (Å²) in [7, 11) is 0. The Kier molecular flexibility index (Phi) is 8.52. The number of anilines is 1. The van der Waals surface area contributed by atoms with Crippen LogP contribution in [-0.2, 0) is 0 Å². The van der Waals surface area contributed by atoms with Crippen molar-refractivity contribution in [3.05, 3.63) is 58.1 Å². The van der Waals surface area contributed by atoms with E-state index in [1.165, 1.54) is 12.8 Å². The van der Waals surface area contributed by atoms with E-state index in [0.717, 1.165) is 36.8 Å². The van der Waals surface area contributed by atoms with Gasteiger partial charge in [0.25, 0.3) is 11.8 Å². The molecule has 1 saturated heterocycles. The molecule has 1 aliphatic rings. The zero-order valence-corrected chi connectivity index (χ0v) is 19.9. The van der Waals surface area contributed by atoms with Crippen LogP contribution in [-0.4, -0.2) is 36.4 Å². The quantitative estimate of drug-likeness (QED) is 0.510. The maximum Gasteiger partial charge on any atom is 0.259 e. The molecule has 6 heteroatoms. The number of halogens is 1. The topological polar surface area (TPSA) is 58.6 Å². The third kappa shape index (κ3) is 6.82. The van der Waals surface area contributed by atoms with E-state index in [2.05, 4.69) is 35.1 Å². The Morgan fingerprint density at radius 2 is 1.71 bits per heavy atom. The summed E-state index contributed by atoms with van der Waals surface area (Å²) in [4.78, 5) is 27.6. The summed E-state index contributed by atoms with van der Waals surface area (Å²) in [6, 6.07) is 12.6. The number of rotatable bonds is 7. The SMILES string of the molecule is CC(C)CCOc1ccc(Br)cc1C(=O)Nc1ccc(C(=O)N2CCCCCC2)cc1. The molecule has 2 aromatic rings. The largest absolute Gasteiger partial charge is 0.493 e. The number of ether oxygens (including phenoxy) is 1. The van der Waals surface area contributed by atoms with Crippen LogP contribution in [0, 0.1) is 5.92 Å². The Morgan fingerprint density at radius 1 is 1.03 bits per heavy atom. The van der Waals surface area contributed by atoms with Crippen molar-refractivity contribution in [3.8, 4) is 5.75 Å². The smallest absolute Gasteiger partial charge is 0.259 e. The number of likely N-dealkylation sites (tertiary alicyclic amines) is 1. The van der Waals surface area contributed by atoms with Crippen LogP contribution in [0.5, 0.6) is 5.75 Å². The van der Waals surface area contributed by atoms with Gasteiger partial charge in [-0.3, -0.25) is 9.59 Å². The predicted molar refractivity (Wildman–Crippen MR) is 128 cm³/mol. The van der Waals surface area contributed by atoms with Crippen LogP contribution in [0.3, 0.4) is 0 Å². The number of hydrogen-bond acceptors (Lipinski definition) is 3. The normalized spacial score (nSPS) is 14.3. The number of carbonyl (C=O) groups is 2. The van der Waals surface area contributed by atoms with E-state index in [1.54, 1.807) is 30.3 Å². The summed E-state index contributed by atoms with van der Waals surface area (Å²) < 4.78 is 6.67. The summed E-state index contributed by atoms with van der Waals surface area (Å²) >= 11 is 3.43. The van der Waals surface area contributed by atoms with Gasteiger partial charge in [-0.05, 0) is 67.6 Å². The first-order chi connectivity index (χ1) is 14.9. The van der Waals surface area contributed by atoms with Gasteiger partial charge in [0.15, 0.2) is 0 Å². The zero-order chi connectivity index (χ0) is 22.2. The Labute approximate surface area is 193 Å². The highest BCUT2D eigenvalue weighted by Crippen LogP contribution is 2.25. The Bertz CT molecular complexity index is 888. The van der Waals surface area contributed by atoms with Crippen molar-refractivity contribution < 1.29 is 14.3 Å². The molecule has 2 aromatic carbocycles. The lowest BCUT2D eigenvalue weighted by Crippen LogP contribution is -2.31. The van der Waals surface area contributed by atoms with Gasteiger partial charge in [0.05, 0.1) is 12.2 Å². The summed E-state index contributed by atoms with van der Waals surface area (Å²) in [5.41, 5.74) is 1.77. The minimum absolute atomic E-state index is 0.0626. The second-order valence-electron chi connectivity index (χ2n) is 8.41. The van der Waals surface area contributed by atoms with Crippen molar-refractivity contribution in [1.29, 1.82) is 0 Å². The van der Waals surface area contributed by atoms with Gasteiger partial charge >= 0.3 is 0 Å². The van der Waals surface area contributed by atoms with E-state index >= 15 is 0 Å². The molecule has 2 amide bonds. The van der Waals surface area contributed by atoms with Crippen molar-refractivity contribution in [2.24, 2.45) is 5.92 Å². The van der Waals surface area contributed by atoms with E-state index in [4.69, 9.17) is 4.74 Å².